The van der Waals surface area contributed by atoms with Crippen LogP contribution in [0.2, 0.25) is 0 Å². The first-order valence-electron chi connectivity index (χ1n) is 14.7. The first kappa shape index (κ1) is 32.6. The monoisotopic (exact) mass is 648 g/mol. The predicted molar refractivity (Wildman–Crippen MR) is 153 cm³/mol. The first-order valence-corrected chi connectivity index (χ1v) is 14.7. The van der Waals surface area contributed by atoms with Gasteiger partial charge in [0, 0.05) is 23.2 Å². The lowest BCUT2D eigenvalue weighted by atomic mass is 10.0. The molecule has 0 bridgehead atoms. The van der Waals surface area contributed by atoms with E-state index in [0.717, 1.165) is 37.8 Å². The summed E-state index contributed by atoms with van der Waals surface area (Å²) in [6.07, 6.45) is 2.59. The van der Waals surface area contributed by atoms with Crippen LogP contribution < -0.4 is 25.8 Å². The van der Waals surface area contributed by atoms with Crippen molar-refractivity contribution in [2.45, 2.75) is 70.2 Å². The van der Waals surface area contributed by atoms with Crippen LogP contribution in [0.4, 0.5) is 22.4 Å². The van der Waals surface area contributed by atoms with Crippen molar-refractivity contribution in [3.8, 4) is 23.0 Å². The molecule has 4 N–H and O–H groups in total. The molecule has 1 unspecified atom stereocenters. The van der Waals surface area contributed by atoms with Gasteiger partial charge < -0.3 is 35.0 Å². The molecule has 3 aromatic rings. The van der Waals surface area contributed by atoms with Crippen LogP contribution in [0.15, 0.2) is 40.8 Å². The van der Waals surface area contributed by atoms with Crippen molar-refractivity contribution in [2.24, 2.45) is 11.7 Å². The molecular weight excluding hydrogens is 616 g/mol. The highest BCUT2D eigenvalue weighted by Crippen LogP contribution is 2.37. The Labute approximate surface area is 260 Å². The van der Waals surface area contributed by atoms with Gasteiger partial charge in [0.15, 0.2) is 29.1 Å². The summed E-state index contributed by atoms with van der Waals surface area (Å²) >= 11 is 0. The Kier molecular flexibility index (Phi) is 9.97. The van der Waals surface area contributed by atoms with Crippen molar-refractivity contribution < 1.29 is 50.6 Å². The first-order chi connectivity index (χ1) is 22.0. The van der Waals surface area contributed by atoms with Crippen molar-refractivity contribution in [1.82, 2.24) is 15.6 Å². The zero-order valence-corrected chi connectivity index (χ0v) is 24.7. The number of rotatable bonds is 13. The summed E-state index contributed by atoms with van der Waals surface area (Å²) in [4.78, 5) is 42.9. The fraction of sp³-hybridized carbons (Fsp3) is 0.419. The molecular formula is C31H32F4N4O7. The molecule has 1 heterocycles. The van der Waals surface area contributed by atoms with Crippen LogP contribution >= 0.6 is 0 Å². The minimum absolute atomic E-state index is 0.0210. The van der Waals surface area contributed by atoms with E-state index in [1.807, 2.05) is 0 Å². The SMILES string of the molecule is C[C@H](OC(N)=O)c1oc(-c2ccc(OC(F)F)c(OCC3CC3)c2)nc1C(=O)NC(C(=O)NC1CCCC1)c1ccc(F)cc1F. The van der Waals surface area contributed by atoms with Crippen molar-refractivity contribution >= 4 is 17.9 Å². The molecule has 0 aliphatic heterocycles. The number of nitrogens with two attached hydrogens (primary N) is 1. The number of nitrogens with zero attached hydrogens (tertiary/aromatic N) is 1. The quantitative estimate of drug-likeness (QED) is 0.200. The molecule has 2 aromatic carbocycles. The highest BCUT2D eigenvalue weighted by molar-refractivity contribution is 5.97. The number of aromatic nitrogens is 1. The highest BCUT2D eigenvalue weighted by Gasteiger charge is 2.33. The molecule has 46 heavy (non-hydrogen) atoms. The lowest BCUT2D eigenvalue weighted by Crippen LogP contribution is -2.44. The summed E-state index contributed by atoms with van der Waals surface area (Å²) in [5.41, 5.74) is 4.61. The van der Waals surface area contributed by atoms with Gasteiger partial charge in [0.05, 0.1) is 6.61 Å². The number of carbonyl (C=O) groups excluding carboxylic acids is 3. The van der Waals surface area contributed by atoms with E-state index in [1.165, 1.54) is 25.1 Å². The van der Waals surface area contributed by atoms with E-state index in [9.17, 15) is 31.9 Å². The van der Waals surface area contributed by atoms with E-state index >= 15 is 0 Å². The van der Waals surface area contributed by atoms with E-state index in [2.05, 4.69) is 20.4 Å². The molecule has 3 amide bonds. The number of alkyl halides is 2. The third-order valence-electron chi connectivity index (χ3n) is 7.62. The number of ether oxygens (including phenoxy) is 3. The number of benzene rings is 2. The summed E-state index contributed by atoms with van der Waals surface area (Å²) in [7, 11) is 0. The largest absolute Gasteiger partial charge is 0.489 e. The van der Waals surface area contributed by atoms with Crippen molar-refractivity contribution in [1.29, 1.82) is 0 Å². The molecule has 2 atom stereocenters. The van der Waals surface area contributed by atoms with Crippen LogP contribution in [-0.4, -0.2) is 42.2 Å². The number of hydrogen-bond acceptors (Lipinski definition) is 8. The van der Waals surface area contributed by atoms with Crippen LogP contribution in [-0.2, 0) is 9.53 Å². The number of hydrogen-bond donors (Lipinski definition) is 3. The second-order valence-electron chi connectivity index (χ2n) is 11.2. The number of carbonyl (C=O) groups is 3. The number of halogens is 4. The molecule has 2 saturated carbocycles. The summed E-state index contributed by atoms with van der Waals surface area (Å²) in [6.45, 7) is -1.50. The molecule has 1 aromatic heterocycles. The van der Waals surface area contributed by atoms with Gasteiger partial charge in [0.1, 0.15) is 17.7 Å². The van der Waals surface area contributed by atoms with Gasteiger partial charge in [-0.1, -0.05) is 18.9 Å². The zero-order chi connectivity index (χ0) is 33.0. The summed E-state index contributed by atoms with van der Waals surface area (Å²) < 4.78 is 75.8. The highest BCUT2D eigenvalue weighted by atomic mass is 19.3. The van der Waals surface area contributed by atoms with Gasteiger partial charge >= 0.3 is 12.7 Å². The molecule has 15 heteroatoms. The Balaban J connectivity index is 1.49. The molecule has 11 nitrogen and oxygen atoms in total. The number of amides is 3. The average Bonchev–Trinajstić information content (AvgIpc) is 3.47. The van der Waals surface area contributed by atoms with Crippen LogP contribution in [0.1, 0.15) is 79.4 Å². The second-order valence-corrected chi connectivity index (χ2v) is 11.2. The van der Waals surface area contributed by atoms with Crippen LogP contribution in [0.3, 0.4) is 0 Å². The minimum atomic E-state index is -3.12. The molecule has 0 saturated heterocycles. The Morgan fingerprint density at radius 3 is 2.43 bits per heavy atom. The number of nitrogens with one attached hydrogen (secondary N) is 2. The van der Waals surface area contributed by atoms with Crippen molar-refractivity contribution in [2.75, 3.05) is 6.61 Å². The average molecular weight is 649 g/mol. The fourth-order valence-corrected chi connectivity index (χ4v) is 5.14. The second kappa shape index (κ2) is 14.1. The van der Waals surface area contributed by atoms with Gasteiger partial charge in [-0.15, -0.1) is 0 Å². The smallest absolute Gasteiger partial charge is 0.405 e. The number of oxazole rings is 1. The number of primary amides is 1. The standard InChI is InChI=1S/C31H32F4N4O7/c1-15(44-31(36)42)26-25(39-29(46-26)17-8-11-22(45-30(34)35)23(12-17)43-14-16-6-7-16)28(41)38-24(20-10-9-18(32)13-21(20)33)27(40)37-19-4-2-3-5-19/h8-13,15-16,19,24,30H,2-7,14H2,1H3,(H2,36,42)(H,37,40)(H,38,41)/t15-,24?/m0/s1. The Morgan fingerprint density at radius 2 is 1.78 bits per heavy atom. The van der Waals surface area contributed by atoms with E-state index < -0.39 is 54.0 Å². The Hall–Kier alpha value is -4.82. The Morgan fingerprint density at radius 1 is 1.04 bits per heavy atom. The van der Waals surface area contributed by atoms with E-state index in [1.54, 1.807) is 0 Å². The summed E-state index contributed by atoms with van der Waals surface area (Å²) in [5, 5.41) is 5.24. The van der Waals surface area contributed by atoms with Crippen LogP contribution in [0.5, 0.6) is 11.5 Å². The van der Waals surface area contributed by atoms with Crippen molar-refractivity contribution in [3.63, 3.8) is 0 Å². The normalized spacial score (nSPS) is 16.1. The maximum absolute atomic E-state index is 14.9. The minimum Gasteiger partial charge on any atom is -0.489 e. The molecule has 5 rings (SSSR count). The predicted octanol–water partition coefficient (Wildman–Crippen LogP) is 5.70. The lowest BCUT2D eigenvalue weighted by molar-refractivity contribution is -0.123. The molecule has 2 aliphatic carbocycles. The molecule has 0 radical (unpaired) electrons. The molecule has 2 fully saturated rings. The fourth-order valence-electron chi connectivity index (χ4n) is 5.14. The van der Waals surface area contributed by atoms with Gasteiger partial charge in [-0.05, 0) is 62.8 Å². The topological polar surface area (TPSA) is 155 Å². The van der Waals surface area contributed by atoms with Gasteiger partial charge in [-0.2, -0.15) is 8.78 Å². The summed E-state index contributed by atoms with van der Waals surface area (Å²) in [5.74, 6) is -4.17. The third kappa shape index (κ3) is 8.06. The van der Waals surface area contributed by atoms with Gasteiger partial charge in [-0.25, -0.2) is 18.6 Å². The third-order valence-corrected chi connectivity index (χ3v) is 7.62. The van der Waals surface area contributed by atoms with Crippen LogP contribution in [0.25, 0.3) is 11.5 Å². The zero-order valence-electron chi connectivity index (χ0n) is 24.7. The summed E-state index contributed by atoms with van der Waals surface area (Å²) in [6, 6.07) is 4.68. The Bertz CT molecular complexity index is 1590. The van der Waals surface area contributed by atoms with Gasteiger partial charge in [-0.3, -0.25) is 9.59 Å². The van der Waals surface area contributed by atoms with Gasteiger partial charge in [0.2, 0.25) is 11.8 Å². The molecule has 0 spiro atoms. The van der Waals surface area contributed by atoms with Gasteiger partial charge in [0.25, 0.3) is 5.91 Å². The molecule has 246 valence electrons. The van der Waals surface area contributed by atoms with E-state index in [4.69, 9.17) is 19.6 Å². The van der Waals surface area contributed by atoms with Crippen LogP contribution in [0, 0.1) is 17.6 Å². The maximum Gasteiger partial charge on any atom is 0.405 e. The molecule has 2 aliphatic rings. The van der Waals surface area contributed by atoms with Crippen molar-refractivity contribution in [3.05, 3.63) is 65.1 Å². The maximum atomic E-state index is 14.9. The van der Waals surface area contributed by atoms with E-state index in [-0.39, 0.29) is 52.8 Å². The lowest BCUT2D eigenvalue weighted by Gasteiger charge is -2.22. The van der Waals surface area contributed by atoms with E-state index in [0.29, 0.717) is 18.9 Å².